The van der Waals surface area contributed by atoms with Crippen LogP contribution in [0.25, 0.3) is 0 Å². The van der Waals surface area contributed by atoms with Gasteiger partial charge in [0.2, 0.25) is 0 Å². The predicted octanol–water partition coefficient (Wildman–Crippen LogP) is 2.15. The minimum atomic E-state index is 0.568. The van der Waals surface area contributed by atoms with E-state index in [-0.39, 0.29) is 0 Å². The summed E-state index contributed by atoms with van der Waals surface area (Å²) in [4.78, 5) is 0. The molecule has 0 aromatic heterocycles. The Morgan fingerprint density at radius 1 is 1.45 bits per heavy atom. The molecule has 2 heteroatoms. The van der Waals surface area contributed by atoms with E-state index in [1.165, 1.54) is 9.60 Å². The molecule has 0 unspecified atom stereocenters. The molecular formula is C9H11ClPd. The third-order valence-corrected chi connectivity index (χ3v) is 3.28. The number of halogens is 1. The first-order valence-electron chi connectivity index (χ1n) is 3.53. The van der Waals surface area contributed by atoms with Gasteiger partial charge >= 0.3 is 81.1 Å². The van der Waals surface area contributed by atoms with Crippen molar-refractivity contribution >= 4 is 15.6 Å². The van der Waals surface area contributed by atoms with Gasteiger partial charge in [-0.1, -0.05) is 0 Å². The average Bonchev–Trinajstić information content (AvgIpc) is 2.06. The second kappa shape index (κ2) is 4.93. The van der Waals surface area contributed by atoms with Crippen LogP contribution in [0.4, 0.5) is 0 Å². The van der Waals surface area contributed by atoms with Gasteiger partial charge in [-0.15, -0.1) is 0 Å². The molecule has 0 amide bonds. The molecule has 0 aliphatic heterocycles. The Balaban J connectivity index is 2.74. The number of aryl methyl sites for hydroxylation is 1. The van der Waals surface area contributed by atoms with Gasteiger partial charge in [0.1, 0.15) is 0 Å². The third kappa shape index (κ3) is 2.95. The summed E-state index contributed by atoms with van der Waals surface area (Å²) in [5, 5.41) is 0. The summed E-state index contributed by atoms with van der Waals surface area (Å²) in [6, 6.07) is 8.66. The van der Waals surface area contributed by atoms with Gasteiger partial charge < -0.3 is 0 Å². The van der Waals surface area contributed by atoms with E-state index >= 15 is 0 Å². The van der Waals surface area contributed by atoms with Crippen LogP contribution in [0.1, 0.15) is 12.5 Å². The summed E-state index contributed by atoms with van der Waals surface area (Å²) < 4.78 is 2.16. The summed E-state index contributed by atoms with van der Waals surface area (Å²) >= 11 is 6.22. The Labute approximate surface area is 81.1 Å². The first-order chi connectivity index (χ1) is 5.36. The van der Waals surface area contributed by atoms with Crippen LogP contribution in [-0.2, 0) is 24.4 Å². The van der Waals surface area contributed by atoms with E-state index in [9.17, 15) is 0 Å². The van der Waals surface area contributed by atoms with Crippen LogP contribution < -0.4 is 4.04 Å². The molecule has 0 aliphatic rings. The summed E-state index contributed by atoms with van der Waals surface area (Å²) in [6.07, 6.45) is 1.12. The molecule has 0 atom stereocenters. The summed E-state index contributed by atoms with van der Waals surface area (Å²) in [5.74, 6) is 0. The van der Waals surface area contributed by atoms with Gasteiger partial charge in [-0.25, -0.2) is 0 Å². The molecule has 0 fully saturated rings. The van der Waals surface area contributed by atoms with Crippen molar-refractivity contribution in [3.05, 3.63) is 29.8 Å². The molecule has 0 heterocycles. The van der Waals surface area contributed by atoms with Gasteiger partial charge in [0.25, 0.3) is 0 Å². The second-order valence-corrected chi connectivity index (χ2v) is 5.01. The van der Waals surface area contributed by atoms with Crippen LogP contribution in [-0.4, -0.2) is 4.35 Å². The van der Waals surface area contributed by atoms with Crippen LogP contribution in [0.15, 0.2) is 24.3 Å². The molecule has 64 valence electrons. The van der Waals surface area contributed by atoms with Crippen molar-refractivity contribution in [2.75, 3.05) is 4.35 Å². The Morgan fingerprint density at radius 3 is 2.91 bits per heavy atom. The molecule has 0 nitrogen and oxygen atoms in total. The monoisotopic (exact) mass is 260 g/mol. The molecule has 0 saturated carbocycles. The first-order valence-corrected chi connectivity index (χ1v) is 5.94. The molecule has 0 aliphatic carbocycles. The van der Waals surface area contributed by atoms with Crippen LogP contribution in [0.3, 0.4) is 0 Å². The van der Waals surface area contributed by atoms with E-state index in [2.05, 4.69) is 31.2 Å². The minimum absolute atomic E-state index is 0.568. The van der Waals surface area contributed by atoms with Crippen molar-refractivity contribution < 1.29 is 18.0 Å². The predicted molar refractivity (Wildman–Crippen MR) is 46.2 cm³/mol. The van der Waals surface area contributed by atoms with Gasteiger partial charge in [0, 0.05) is 0 Å². The van der Waals surface area contributed by atoms with Crippen LogP contribution in [0.2, 0.25) is 0 Å². The van der Waals surface area contributed by atoms with E-state index in [0.717, 1.165) is 10.8 Å². The van der Waals surface area contributed by atoms with Crippen LogP contribution in [0.5, 0.6) is 0 Å². The maximum absolute atomic E-state index is 5.65. The fourth-order valence-electron chi connectivity index (χ4n) is 0.858. The van der Waals surface area contributed by atoms with Crippen LogP contribution in [0, 0.1) is 0 Å². The van der Waals surface area contributed by atoms with E-state index < -0.39 is 0 Å². The number of benzene rings is 1. The first kappa shape index (κ1) is 9.26. The molecule has 0 N–H and O–H groups in total. The molecular weight excluding hydrogens is 250 g/mol. The van der Waals surface area contributed by atoms with Gasteiger partial charge in [0.15, 0.2) is 0 Å². The maximum atomic E-state index is 5.65. The normalized spacial score (nSPS) is 10.4. The average molecular weight is 261 g/mol. The topological polar surface area (TPSA) is 0 Å². The zero-order valence-corrected chi connectivity index (χ0v) is 8.73. The third-order valence-electron chi connectivity index (χ3n) is 1.45. The Morgan fingerprint density at radius 2 is 2.27 bits per heavy atom. The van der Waals surface area contributed by atoms with Crippen molar-refractivity contribution in [3.63, 3.8) is 0 Å². The Bertz CT molecular complexity index is 223. The fraction of sp³-hybridized carbons (Fsp3) is 0.333. The van der Waals surface area contributed by atoms with Crippen molar-refractivity contribution in [3.8, 4) is 0 Å². The summed E-state index contributed by atoms with van der Waals surface area (Å²) in [5.41, 5.74) is 1.41. The molecule has 0 bridgehead atoms. The standard InChI is InChI=1S/C8H9.CH2Cl.Pd/c1-2-8-6-4-3-5-7-8;1-2;/h3-4,6-7H,2H2,1H3;1H2;. The Kier molecular flexibility index (Phi) is 4.15. The molecule has 1 aromatic carbocycles. The zero-order chi connectivity index (χ0) is 8.10. The van der Waals surface area contributed by atoms with Crippen molar-refractivity contribution in [1.29, 1.82) is 0 Å². The van der Waals surface area contributed by atoms with E-state index in [1.807, 2.05) is 0 Å². The van der Waals surface area contributed by atoms with Crippen molar-refractivity contribution in [1.82, 2.24) is 0 Å². The zero-order valence-electron chi connectivity index (χ0n) is 6.42. The fourth-order valence-corrected chi connectivity index (χ4v) is 2.45. The molecule has 1 aromatic rings. The number of alkyl halides is 1. The quantitative estimate of drug-likeness (QED) is 0.577. The second-order valence-electron chi connectivity index (χ2n) is 2.14. The number of hydrogen-bond donors (Lipinski definition) is 0. The molecule has 0 saturated heterocycles. The van der Waals surface area contributed by atoms with E-state index in [1.54, 1.807) is 0 Å². The SMILES string of the molecule is CCc1ccc[c]([Pd][CH2]Cl)c1. The van der Waals surface area contributed by atoms with E-state index in [0.29, 0.717) is 18.0 Å². The van der Waals surface area contributed by atoms with Gasteiger partial charge in [-0.2, -0.15) is 0 Å². The number of rotatable bonds is 3. The molecule has 1 rings (SSSR count). The van der Waals surface area contributed by atoms with Crippen molar-refractivity contribution in [2.45, 2.75) is 13.3 Å². The molecule has 0 radical (unpaired) electrons. The van der Waals surface area contributed by atoms with Gasteiger partial charge in [-0.05, 0) is 0 Å². The molecule has 0 spiro atoms. The van der Waals surface area contributed by atoms with E-state index in [4.69, 9.17) is 11.6 Å². The van der Waals surface area contributed by atoms with Gasteiger partial charge in [-0.3, -0.25) is 0 Å². The Hall–Kier alpha value is 0.172. The van der Waals surface area contributed by atoms with Gasteiger partial charge in [0.05, 0.1) is 0 Å². The van der Waals surface area contributed by atoms with Crippen molar-refractivity contribution in [2.24, 2.45) is 0 Å². The number of hydrogen-bond acceptors (Lipinski definition) is 0. The van der Waals surface area contributed by atoms with Crippen LogP contribution >= 0.6 is 11.6 Å². The summed E-state index contributed by atoms with van der Waals surface area (Å²) in [7, 11) is 0. The molecule has 11 heavy (non-hydrogen) atoms. The summed E-state index contributed by atoms with van der Waals surface area (Å²) in [6.45, 7) is 2.17.